The number of nitrogens with one attached hydrogen (secondary N) is 1. The minimum absolute atomic E-state index is 0.117. The van der Waals surface area contributed by atoms with Gasteiger partial charge in [0.05, 0.1) is 6.42 Å². The molecular weight excluding hydrogens is 226 g/mol. The Morgan fingerprint density at radius 3 is 3.22 bits per heavy atom. The van der Waals surface area contributed by atoms with Crippen LogP contribution in [0.1, 0.15) is 21.6 Å². The summed E-state index contributed by atoms with van der Waals surface area (Å²) in [7, 11) is 0. The number of fused-ring (bicyclic) bond motifs is 1. The van der Waals surface area contributed by atoms with Gasteiger partial charge in [0, 0.05) is 43.8 Å². The SMILES string of the molecule is O=C(Cc1cccnc1)n1ccc2c1CCNC2. The number of pyridine rings is 1. The van der Waals surface area contributed by atoms with Gasteiger partial charge in [0.1, 0.15) is 0 Å². The Bertz CT molecular complexity index is 560. The Morgan fingerprint density at radius 2 is 2.39 bits per heavy atom. The lowest BCUT2D eigenvalue weighted by atomic mass is 10.1. The molecule has 4 nitrogen and oxygen atoms in total. The molecule has 18 heavy (non-hydrogen) atoms. The molecule has 3 rings (SSSR count). The van der Waals surface area contributed by atoms with Crippen molar-refractivity contribution in [2.45, 2.75) is 19.4 Å². The quantitative estimate of drug-likeness (QED) is 0.864. The van der Waals surface area contributed by atoms with Gasteiger partial charge in [0.2, 0.25) is 5.91 Å². The summed E-state index contributed by atoms with van der Waals surface area (Å²) in [5.74, 6) is 0.117. The third kappa shape index (κ3) is 2.07. The van der Waals surface area contributed by atoms with E-state index < -0.39 is 0 Å². The molecule has 0 aromatic carbocycles. The van der Waals surface area contributed by atoms with Crippen molar-refractivity contribution < 1.29 is 4.79 Å². The number of rotatable bonds is 2. The highest BCUT2D eigenvalue weighted by Crippen LogP contribution is 2.16. The van der Waals surface area contributed by atoms with E-state index in [1.807, 2.05) is 24.4 Å². The molecule has 0 aliphatic carbocycles. The zero-order valence-corrected chi connectivity index (χ0v) is 10.1. The highest BCUT2D eigenvalue weighted by molar-refractivity contribution is 5.82. The predicted octanol–water partition coefficient (Wildman–Crippen LogP) is 1.41. The average molecular weight is 241 g/mol. The number of carbonyl (C=O) groups excluding carboxylic acids is 1. The van der Waals surface area contributed by atoms with E-state index in [0.29, 0.717) is 6.42 Å². The maximum Gasteiger partial charge on any atom is 0.235 e. The lowest BCUT2D eigenvalue weighted by Crippen LogP contribution is -2.26. The van der Waals surface area contributed by atoms with Gasteiger partial charge in [-0.25, -0.2) is 0 Å². The second-order valence-corrected chi connectivity index (χ2v) is 4.52. The van der Waals surface area contributed by atoms with Crippen LogP contribution in [-0.4, -0.2) is 22.0 Å². The Kier molecular flexibility index (Phi) is 2.94. The molecule has 4 heteroatoms. The van der Waals surface area contributed by atoms with E-state index >= 15 is 0 Å². The molecule has 0 saturated carbocycles. The normalized spacial score (nSPS) is 14.2. The molecule has 1 aliphatic heterocycles. The minimum Gasteiger partial charge on any atom is -0.312 e. The summed E-state index contributed by atoms with van der Waals surface area (Å²) in [4.78, 5) is 16.3. The number of hydrogen-bond donors (Lipinski definition) is 1. The highest BCUT2D eigenvalue weighted by Gasteiger charge is 2.17. The summed E-state index contributed by atoms with van der Waals surface area (Å²) >= 11 is 0. The second-order valence-electron chi connectivity index (χ2n) is 4.52. The molecule has 3 heterocycles. The summed E-state index contributed by atoms with van der Waals surface area (Å²) in [5.41, 5.74) is 3.35. The molecule has 0 radical (unpaired) electrons. The summed E-state index contributed by atoms with van der Waals surface area (Å²) < 4.78 is 1.79. The molecule has 0 fully saturated rings. The van der Waals surface area contributed by atoms with Gasteiger partial charge in [-0.3, -0.25) is 14.3 Å². The van der Waals surface area contributed by atoms with Gasteiger partial charge in [-0.05, 0) is 23.3 Å². The van der Waals surface area contributed by atoms with Gasteiger partial charge < -0.3 is 5.32 Å². The molecule has 0 unspecified atom stereocenters. The molecule has 0 saturated heterocycles. The third-order valence-corrected chi connectivity index (χ3v) is 3.29. The van der Waals surface area contributed by atoms with Crippen molar-refractivity contribution in [1.82, 2.24) is 14.9 Å². The van der Waals surface area contributed by atoms with Gasteiger partial charge in [-0.1, -0.05) is 6.07 Å². The maximum atomic E-state index is 12.3. The van der Waals surface area contributed by atoms with Crippen LogP contribution < -0.4 is 5.32 Å². The molecule has 1 N–H and O–H groups in total. The Balaban J connectivity index is 1.83. The number of nitrogens with zero attached hydrogens (tertiary/aromatic N) is 2. The van der Waals surface area contributed by atoms with Gasteiger partial charge >= 0.3 is 0 Å². The zero-order valence-electron chi connectivity index (χ0n) is 10.1. The van der Waals surface area contributed by atoms with Crippen LogP contribution in [0.5, 0.6) is 0 Å². The fourth-order valence-corrected chi connectivity index (χ4v) is 2.37. The van der Waals surface area contributed by atoms with Crippen molar-refractivity contribution in [1.29, 1.82) is 0 Å². The smallest absolute Gasteiger partial charge is 0.235 e. The lowest BCUT2D eigenvalue weighted by Gasteiger charge is -2.15. The molecular formula is C14H15N3O. The molecule has 1 aliphatic rings. The Morgan fingerprint density at radius 1 is 1.44 bits per heavy atom. The van der Waals surface area contributed by atoms with Crippen molar-refractivity contribution >= 4 is 5.91 Å². The standard InChI is InChI=1S/C14H15N3O/c18-14(8-11-2-1-5-15-9-11)17-7-4-12-10-16-6-3-13(12)17/h1-2,4-5,7,9,16H,3,6,8,10H2. The number of carbonyl (C=O) groups is 1. The van der Waals surface area contributed by atoms with Crippen LogP contribution in [0.3, 0.4) is 0 Å². The maximum absolute atomic E-state index is 12.3. The first kappa shape index (κ1) is 11.2. The van der Waals surface area contributed by atoms with E-state index in [-0.39, 0.29) is 5.91 Å². The van der Waals surface area contributed by atoms with Crippen LogP contribution in [0, 0.1) is 0 Å². The Labute approximate surface area is 106 Å². The van der Waals surface area contributed by atoms with E-state index in [0.717, 1.165) is 30.8 Å². The largest absolute Gasteiger partial charge is 0.312 e. The molecule has 0 bridgehead atoms. The molecule has 0 spiro atoms. The third-order valence-electron chi connectivity index (χ3n) is 3.29. The first-order chi connectivity index (χ1) is 8.84. The van der Waals surface area contributed by atoms with Crippen molar-refractivity contribution in [3.63, 3.8) is 0 Å². The number of hydrogen-bond acceptors (Lipinski definition) is 3. The first-order valence-corrected chi connectivity index (χ1v) is 6.16. The highest BCUT2D eigenvalue weighted by atomic mass is 16.2. The van der Waals surface area contributed by atoms with Crippen LogP contribution in [0.25, 0.3) is 0 Å². The summed E-state index contributed by atoms with van der Waals surface area (Å²) in [6.07, 6.45) is 6.67. The van der Waals surface area contributed by atoms with Crippen molar-refractivity contribution in [3.8, 4) is 0 Å². The van der Waals surface area contributed by atoms with Crippen LogP contribution >= 0.6 is 0 Å². The fourth-order valence-electron chi connectivity index (χ4n) is 2.37. The van der Waals surface area contributed by atoms with E-state index in [9.17, 15) is 4.79 Å². The van der Waals surface area contributed by atoms with Gasteiger partial charge in [-0.2, -0.15) is 0 Å². The van der Waals surface area contributed by atoms with Gasteiger partial charge in [-0.15, -0.1) is 0 Å². The van der Waals surface area contributed by atoms with E-state index in [1.54, 1.807) is 17.0 Å². The summed E-state index contributed by atoms with van der Waals surface area (Å²) in [5, 5.41) is 3.31. The van der Waals surface area contributed by atoms with Crippen LogP contribution in [0.15, 0.2) is 36.8 Å². The van der Waals surface area contributed by atoms with Crippen molar-refractivity contribution in [2.24, 2.45) is 0 Å². The predicted molar refractivity (Wildman–Crippen MR) is 68.4 cm³/mol. The molecule has 0 amide bonds. The van der Waals surface area contributed by atoms with E-state index in [2.05, 4.69) is 10.3 Å². The molecule has 2 aromatic rings. The van der Waals surface area contributed by atoms with Crippen molar-refractivity contribution in [3.05, 3.63) is 53.6 Å². The number of aromatic nitrogens is 2. The zero-order chi connectivity index (χ0) is 12.4. The summed E-state index contributed by atoms with van der Waals surface area (Å²) in [6, 6.07) is 5.82. The van der Waals surface area contributed by atoms with E-state index in [1.165, 1.54) is 5.56 Å². The lowest BCUT2D eigenvalue weighted by molar-refractivity contribution is 0.0910. The molecule has 0 atom stereocenters. The van der Waals surface area contributed by atoms with E-state index in [4.69, 9.17) is 0 Å². The van der Waals surface area contributed by atoms with Crippen LogP contribution in [0.4, 0.5) is 0 Å². The average Bonchev–Trinajstić information content (AvgIpc) is 2.84. The monoisotopic (exact) mass is 241 g/mol. The summed E-state index contributed by atoms with van der Waals surface area (Å²) in [6.45, 7) is 1.81. The first-order valence-electron chi connectivity index (χ1n) is 6.16. The van der Waals surface area contributed by atoms with Crippen molar-refractivity contribution in [2.75, 3.05) is 6.54 Å². The topological polar surface area (TPSA) is 46.9 Å². The second kappa shape index (κ2) is 4.74. The van der Waals surface area contributed by atoms with Crippen LogP contribution in [0.2, 0.25) is 0 Å². The van der Waals surface area contributed by atoms with Gasteiger partial charge in [0.15, 0.2) is 0 Å². The fraction of sp³-hybridized carbons (Fsp3) is 0.286. The minimum atomic E-state index is 0.117. The molecule has 2 aromatic heterocycles. The molecule has 92 valence electrons. The van der Waals surface area contributed by atoms with Crippen LogP contribution in [-0.2, 0) is 19.4 Å². The Hall–Kier alpha value is -1.94. The van der Waals surface area contributed by atoms with Gasteiger partial charge in [0.25, 0.3) is 0 Å².